The molecule has 86 valence electrons. The van der Waals surface area contributed by atoms with Crippen molar-refractivity contribution in [3.8, 4) is 16.2 Å². The highest BCUT2D eigenvalue weighted by Crippen LogP contribution is 2.43. The summed E-state index contributed by atoms with van der Waals surface area (Å²) in [5.74, 6) is -0.334. The van der Waals surface area contributed by atoms with Crippen LogP contribution in [0.1, 0.15) is 15.2 Å². The van der Waals surface area contributed by atoms with Crippen molar-refractivity contribution in [2.75, 3.05) is 0 Å². The molecule has 2 N–H and O–H groups in total. The highest BCUT2D eigenvalue weighted by molar-refractivity contribution is 7.17. The predicted octanol–water partition coefficient (Wildman–Crippen LogP) is 2.55. The smallest absolute Gasteiger partial charge is 0.258 e. The van der Waals surface area contributed by atoms with Gasteiger partial charge in [-0.2, -0.15) is 0 Å². The molecule has 1 aliphatic heterocycles. The van der Waals surface area contributed by atoms with E-state index >= 15 is 0 Å². The minimum atomic E-state index is -0.498. The number of ether oxygens (including phenoxy) is 1. The average Bonchev–Trinajstić information content (AvgIpc) is 2.73. The third-order valence-electron chi connectivity index (χ3n) is 2.64. The van der Waals surface area contributed by atoms with Crippen molar-refractivity contribution in [1.82, 2.24) is 0 Å². The standard InChI is InChI=1S/C12H8FNO2S/c13-7-2-1-3-8-10(7)11-6(5-16-8)4-9(17-11)12(14)15/h1-4H,5H2,(H2,14,15). The molecule has 0 radical (unpaired) electrons. The number of carbonyl (C=O) groups is 1. The molecular weight excluding hydrogens is 241 g/mol. The van der Waals surface area contributed by atoms with Gasteiger partial charge in [0.1, 0.15) is 18.2 Å². The van der Waals surface area contributed by atoms with Gasteiger partial charge in [0.15, 0.2) is 0 Å². The summed E-state index contributed by atoms with van der Waals surface area (Å²) in [6.45, 7) is 0.343. The second kappa shape index (κ2) is 3.56. The van der Waals surface area contributed by atoms with Crippen LogP contribution in [0.2, 0.25) is 0 Å². The van der Waals surface area contributed by atoms with Crippen LogP contribution in [0.5, 0.6) is 5.75 Å². The van der Waals surface area contributed by atoms with Crippen LogP contribution in [0.25, 0.3) is 10.4 Å². The first-order valence-electron chi connectivity index (χ1n) is 5.01. The third-order valence-corrected chi connectivity index (χ3v) is 3.85. The molecule has 0 saturated heterocycles. The van der Waals surface area contributed by atoms with Crippen molar-refractivity contribution in [2.24, 2.45) is 5.73 Å². The van der Waals surface area contributed by atoms with Gasteiger partial charge in [-0.05, 0) is 18.2 Å². The number of amides is 1. The number of fused-ring (bicyclic) bond motifs is 3. The molecule has 3 rings (SSSR count). The van der Waals surface area contributed by atoms with E-state index in [4.69, 9.17) is 10.5 Å². The Bertz CT molecular complexity index is 621. The molecule has 1 aromatic carbocycles. The summed E-state index contributed by atoms with van der Waals surface area (Å²) in [5.41, 5.74) is 6.45. The predicted molar refractivity (Wildman–Crippen MR) is 62.6 cm³/mol. The SMILES string of the molecule is NC(=O)c1cc2c(s1)-c1c(F)cccc1OC2. The molecule has 0 unspecified atom stereocenters. The quantitative estimate of drug-likeness (QED) is 0.844. The van der Waals surface area contributed by atoms with E-state index < -0.39 is 5.91 Å². The van der Waals surface area contributed by atoms with Gasteiger partial charge in [0, 0.05) is 10.4 Å². The molecule has 17 heavy (non-hydrogen) atoms. The first-order valence-corrected chi connectivity index (χ1v) is 5.82. The Balaban J connectivity index is 2.25. The molecule has 0 fully saturated rings. The van der Waals surface area contributed by atoms with Crippen molar-refractivity contribution in [3.05, 3.63) is 40.5 Å². The summed E-state index contributed by atoms with van der Waals surface area (Å²) in [7, 11) is 0. The summed E-state index contributed by atoms with van der Waals surface area (Å²) in [5, 5.41) is 0. The molecule has 0 spiro atoms. The van der Waals surface area contributed by atoms with Gasteiger partial charge in [-0.25, -0.2) is 4.39 Å². The Morgan fingerprint density at radius 3 is 3.06 bits per heavy atom. The van der Waals surface area contributed by atoms with Crippen molar-refractivity contribution < 1.29 is 13.9 Å². The summed E-state index contributed by atoms with van der Waals surface area (Å²) in [6, 6.07) is 6.35. The highest BCUT2D eigenvalue weighted by Gasteiger charge is 2.24. The van der Waals surface area contributed by atoms with Crippen LogP contribution in [0.4, 0.5) is 4.39 Å². The lowest BCUT2D eigenvalue weighted by Gasteiger charge is -2.17. The fourth-order valence-corrected chi connectivity index (χ4v) is 2.94. The number of primary amides is 1. The summed E-state index contributed by atoms with van der Waals surface area (Å²) < 4.78 is 19.2. The Morgan fingerprint density at radius 2 is 2.29 bits per heavy atom. The van der Waals surface area contributed by atoms with Crippen molar-refractivity contribution >= 4 is 17.2 Å². The van der Waals surface area contributed by atoms with E-state index in [1.165, 1.54) is 17.4 Å². The van der Waals surface area contributed by atoms with Crippen LogP contribution in [-0.4, -0.2) is 5.91 Å². The van der Waals surface area contributed by atoms with Gasteiger partial charge in [0.05, 0.1) is 10.4 Å². The number of rotatable bonds is 1. The molecule has 1 aromatic heterocycles. The van der Waals surface area contributed by atoms with Gasteiger partial charge in [0.25, 0.3) is 5.91 Å². The monoisotopic (exact) mass is 249 g/mol. The second-order valence-electron chi connectivity index (χ2n) is 3.73. The van der Waals surface area contributed by atoms with Crippen molar-refractivity contribution in [3.63, 3.8) is 0 Å². The molecule has 2 aromatic rings. The second-order valence-corrected chi connectivity index (χ2v) is 4.78. The Hall–Kier alpha value is -1.88. The van der Waals surface area contributed by atoms with Crippen LogP contribution in [0.15, 0.2) is 24.3 Å². The fourth-order valence-electron chi connectivity index (χ4n) is 1.87. The number of hydrogen-bond donors (Lipinski definition) is 1. The van der Waals surface area contributed by atoms with E-state index in [1.807, 2.05) is 0 Å². The molecule has 1 aliphatic rings. The number of carbonyl (C=O) groups excluding carboxylic acids is 1. The molecule has 3 nitrogen and oxygen atoms in total. The van der Waals surface area contributed by atoms with E-state index in [9.17, 15) is 9.18 Å². The Kier molecular flexibility index (Phi) is 2.16. The molecule has 0 bridgehead atoms. The van der Waals surface area contributed by atoms with Gasteiger partial charge < -0.3 is 10.5 Å². The summed E-state index contributed by atoms with van der Waals surface area (Å²) >= 11 is 1.21. The molecule has 2 heterocycles. The van der Waals surface area contributed by atoms with Crippen LogP contribution in [0.3, 0.4) is 0 Å². The highest BCUT2D eigenvalue weighted by atomic mass is 32.1. The van der Waals surface area contributed by atoms with E-state index in [0.29, 0.717) is 22.8 Å². The number of halogens is 1. The van der Waals surface area contributed by atoms with Gasteiger partial charge in [-0.3, -0.25) is 4.79 Å². The topological polar surface area (TPSA) is 52.3 Å². The fraction of sp³-hybridized carbons (Fsp3) is 0.0833. The van der Waals surface area contributed by atoms with Gasteiger partial charge >= 0.3 is 0 Å². The Morgan fingerprint density at radius 1 is 1.47 bits per heavy atom. The average molecular weight is 249 g/mol. The molecule has 0 aliphatic carbocycles. The van der Waals surface area contributed by atoms with Crippen LogP contribution < -0.4 is 10.5 Å². The zero-order valence-electron chi connectivity index (χ0n) is 8.70. The minimum absolute atomic E-state index is 0.343. The lowest BCUT2D eigenvalue weighted by molar-refractivity contribution is 0.100. The van der Waals surface area contributed by atoms with Crippen molar-refractivity contribution in [1.29, 1.82) is 0 Å². The number of nitrogens with two attached hydrogens (primary N) is 1. The maximum Gasteiger partial charge on any atom is 0.258 e. The lowest BCUT2D eigenvalue weighted by Crippen LogP contribution is -2.08. The molecule has 0 atom stereocenters. The molecule has 0 saturated carbocycles. The van der Waals surface area contributed by atoms with Crippen LogP contribution in [0, 0.1) is 5.82 Å². The van der Waals surface area contributed by atoms with E-state index in [0.717, 1.165) is 10.4 Å². The normalized spacial score (nSPS) is 12.5. The van der Waals surface area contributed by atoms with Crippen molar-refractivity contribution in [2.45, 2.75) is 6.61 Å². The third kappa shape index (κ3) is 1.51. The maximum atomic E-state index is 13.8. The minimum Gasteiger partial charge on any atom is -0.488 e. The maximum absolute atomic E-state index is 13.8. The van der Waals surface area contributed by atoms with Gasteiger partial charge in [-0.1, -0.05) is 6.07 Å². The zero-order valence-corrected chi connectivity index (χ0v) is 9.51. The van der Waals surface area contributed by atoms with E-state index in [2.05, 4.69) is 0 Å². The lowest BCUT2D eigenvalue weighted by atomic mass is 10.1. The number of thiophene rings is 1. The number of benzene rings is 1. The first kappa shape index (κ1) is 10.3. The van der Waals surface area contributed by atoms with E-state index in [-0.39, 0.29) is 5.82 Å². The summed E-state index contributed by atoms with van der Waals surface area (Å²) in [6.07, 6.45) is 0. The molecular formula is C12H8FNO2S. The van der Waals surface area contributed by atoms with Crippen LogP contribution >= 0.6 is 11.3 Å². The summed E-state index contributed by atoms with van der Waals surface area (Å²) in [4.78, 5) is 12.3. The van der Waals surface area contributed by atoms with Crippen LogP contribution in [-0.2, 0) is 6.61 Å². The van der Waals surface area contributed by atoms with Gasteiger partial charge in [-0.15, -0.1) is 11.3 Å². The Labute approximate surface area is 101 Å². The van der Waals surface area contributed by atoms with Gasteiger partial charge in [0.2, 0.25) is 0 Å². The van der Waals surface area contributed by atoms with E-state index in [1.54, 1.807) is 18.2 Å². The zero-order chi connectivity index (χ0) is 12.0. The first-order chi connectivity index (χ1) is 8.16. The molecule has 5 heteroatoms. The number of hydrogen-bond acceptors (Lipinski definition) is 3. The molecule has 1 amide bonds. The largest absolute Gasteiger partial charge is 0.488 e.